The second kappa shape index (κ2) is 9.37. The molecule has 18 heavy (non-hydrogen) atoms. The van der Waals surface area contributed by atoms with E-state index >= 15 is 0 Å². The van der Waals surface area contributed by atoms with Crippen LogP contribution in [0.5, 0.6) is 0 Å². The van der Waals surface area contributed by atoms with Crippen LogP contribution in [0.1, 0.15) is 64.7 Å². The molecule has 0 aliphatic carbocycles. The van der Waals surface area contributed by atoms with E-state index in [1.807, 2.05) is 0 Å². The molecule has 0 N–H and O–H groups in total. The molecule has 0 bridgehead atoms. The van der Waals surface area contributed by atoms with Gasteiger partial charge in [0.2, 0.25) is 0 Å². The summed E-state index contributed by atoms with van der Waals surface area (Å²) in [6.45, 7) is 4.57. The van der Waals surface area contributed by atoms with E-state index in [4.69, 9.17) is 4.74 Å². The molecule has 1 heterocycles. The van der Waals surface area contributed by atoms with E-state index in [2.05, 4.69) is 11.8 Å². The summed E-state index contributed by atoms with van der Waals surface area (Å²) in [6, 6.07) is 0.428. The van der Waals surface area contributed by atoms with Crippen molar-refractivity contribution in [3.8, 4) is 0 Å². The lowest BCUT2D eigenvalue weighted by atomic mass is 9.99. The van der Waals surface area contributed by atoms with Gasteiger partial charge in [-0.15, -0.1) is 0 Å². The van der Waals surface area contributed by atoms with Crippen LogP contribution in [-0.4, -0.2) is 37.1 Å². The fourth-order valence-electron chi connectivity index (χ4n) is 2.78. The van der Waals surface area contributed by atoms with E-state index in [0.29, 0.717) is 12.5 Å². The Hall–Kier alpha value is -0.570. The van der Waals surface area contributed by atoms with E-state index in [1.165, 1.54) is 52.1 Å². The molecular weight excluding hydrogens is 226 g/mol. The third kappa shape index (κ3) is 5.85. The molecule has 3 nitrogen and oxygen atoms in total. The molecule has 0 aromatic heterocycles. The first-order valence-electron chi connectivity index (χ1n) is 7.58. The number of rotatable bonds is 8. The van der Waals surface area contributed by atoms with Gasteiger partial charge in [-0.25, -0.2) is 0 Å². The first kappa shape index (κ1) is 15.5. The highest BCUT2D eigenvalue weighted by Gasteiger charge is 2.24. The number of ether oxygens (including phenoxy) is 1. The summed E-state index contributed by atoms with van der Waals surface area (Å²) >= 11 is 0. The van der Waals surface area contributed by atoms with Crippen molar-refractivity contribution < 1.29 is 9.53 Å². The minimum atomic E-state index is -0.0575. The molecule has 1 unspecified atom stereocenters. The molecule has 106 valence electrons. The molecule has 0 amide bonds. The lowest BCUT2D eigenvalue weighted by Crippen LogP contribution is -2.41. The lowest BCUT2D eigenvalue weighted by molar-refractivity contribution is -0.142. The lowest BCUT2D eigenvalue weighted by Gasteiger charge is -2.35. The summed E-state index contributed by atoms with van der Waals surface area (Å²) < 4.78 is 4.79. The van der Waals surface area contributed by atoms with Crippen molar-refractivity contribution in [2.45, 2.75) is 70.8 Å². The number of piperidine rings is 1. The molecule has 3 heteroatoms. The van der Waals surface area contributed by atoms with E-state index in [9.17, 15) is 4.79 Å². The molecule has 1 fully saturated rings. The topological polar surface area (TPSA) is 29.5 Å². The summed E-state index contributed by atoms with van der Waals surface area (Å²) in [6.07, 6.45) is 10.9. The van der Waals surface area contributed by atoms with Gasteiger partial charge in [0, 0.05) is 6.04 Å². The molecule has 1 saturated heterocycles. The van der Waals surface area contributed by atoms with Crippen LogP contribution in [0, 0.1) is 0 Å². The van der Waals surface area contributed by atoms with Crippen LogP contribution in [0.15, 0.2) is 0 Å². The van der Waals surface area contributed by atoms with Gasteiger partial charge in [0.15, 0.2) is 0 Å². The highest BCUT2D eigenvalue weighted by atomic mass is 16.5. The van der Waals surface area contributed by atoms with Crippen LogP contribution in [0.4, 0.5) is 0 Å². The second-order valence-electron chi connectivity index (χ2n) is 5.38. The Kier molecular flexibility index (Phi) is 8.06. The number of hydrogen-bond acceptors (Lipinski definition) is 3. The zero-order valence-electron chi connectivity index (χ0n) is 12.1. The van der Waals surface area contributed by atoms with Crippen LogP contribution >= 0.6 is 0 Å². The maximum absolute atomic E-state index is 11.4. The number of unbranched alkanes of at least 4 members (excludes halogenated alkanes) is 4. The van der Waals surface area contributed by atoms with Gasteiger partial charge in [0.05, 0.1) is 13.5 Å². The maximum Gasteiger partial charge on any atom is 0.307 e. The predicted octanol–water partition coefficient (Wildman–Crippen LogP) is 3.37. The normalized spacial score (nSPS) is 20.9. The van der Waals surface area contributed by atoms with Gasteiger partial charge in [0.1, 0.15) is 0 Å². The molecule has 1 aliphatic heterocycles. The molecule has 1 rings (SSSR count). The summed E-state index contributed by atoms with van der Waals surface area (Å²) in [5, 5.41) is 0. The highest BCUT2D eigenvalue weighted by Crippen LogP contribution is 2.20. The summed E-state index contributed by atoms with van der Waals surface area (Å²) in [4.78, 5) is 13.9. The van der Waals surface area contributed by atoms with E-state index in [-0.39, 0.29) is 5.97 Å². The molecule has 1 aliphatic rings. The Morgan fingerprint density at radius 3 is 2.72 bits per heavy atom. The third-order valence-electron chi connectivity index (χ3n) is 3.93. The largest absolute Gasteiger partial charge is 0.469 e. The minimum Gasteiger partial charge on any atom is -0.469 e. The van der Waals surface area contributed by atoms with Gasteiger partial charge in [-0.05, 0) is 32.4 Å². The predicted molar refractivity (Wildman–Crippen MR) is 74.6 cm³/mol. The van der Waals surface area contributed by atoms with Crippen LogP contribution in [0.3, 0.4) is 0 Å². The maximum atomic E-state index is 11.4. The average molecular weight is 255 g/mol. The van der Waals surface area contributed by atoms with Crippen molar-refractivity contribution in [2.24, 2.45) is 0 Å². The summed E-state index contributed by atoms with van der Waals surface area (Å²) in [7, 11) is 1.49. The smallest absolute Gasteiger partial charge is 0.307 e. The quantitative estimate of drug-likeness (QED) is 0.492. The number of methoxy groups -OCH3 is 1. The third-order valence-corrected chi connectivity index (χ3v) is 3.93. The van der Waals surface area contributed by atoms with Gasteiger partial charge in [0.25, 0.3) is 0 Å². The first-order valence-corrected chi connectivity index (χ1v) is 7.58. The van der Waals surface area contributed by atoms with Gasteiger partial charge in [-0.1, -0.05) is 39.0 Å². The number of carbonyl (C=O) groups excluding carboxylic acids is 1. The molecule has 0 radical (unpaired) electrons. The van der Waals surface area contributed by atoms with E-state index in [1.54, 1.807) is 0 Å². The number of carbonyl (C=O) groups is 1. The number of nitrogens with zero attached hydrogens (tertiary/aromatic N) is 1. The summed E-state index contributed by atoms with van der Waals surface area (Å²) in [5.41, 5.74) is 0. The van der Waals surface area contributed by atoms with Crippen molar-refractivity contribution in [3.63, 3.8) is 0 Å². The number of hydrogen-bond donors (Lipinski definition) is 0. The SMILES string of the molecule is CCCCCCCN1CCCCC1CC(=O)OC. The molecule has 1 atom stereocenters. The Morgan fingerprint density at radius 1 is 1.22 bits per heavy atom. The van der Waals surface area contributed by atoms with Crippen LogP contribution in [-0.2, 0) is 9.53 Å². The zero-order chi connectivity index (χ0) is 13.2. The average Bonchev–Trinajstić information content (AvgIpc) is 2.40. The van der Waals surface area contributed by atoms with Gasteiger partial charge in [-0.2, -0.15) is 0 Å². The van der Waals surface area contributed by atoms with Crippen molar-refractivity contribution in [2.75, 3.05) is 20.2 Å². The molecule has 0 aromatic carbocycles. The van der Waals surface area contributed by atoms with Gasteiger partial charge >= 0.3 is 5.97 Å². The Morgan fingerprint density at radius 2 is 2.00 bits per heavy atom. The molecular formula is C15H29NO2. The first-order chi connectivity index (χ1) is 8.77. The molecule has 0 spiro atoms. The molecule has 0 saturated carbocycles. The van der Waals surface area contributed by atoms with Gasteiger partial charge < -0.3 is 4.74 Å². The van der Waals surface area contributed by atoms with E-state index in [0.717, 1.165) is 19.5 Å². The van der Waals surface area contributed by atoms with Crippen molar-refractivity contribution in [1.82, 2.24) is 4.90 Å². The van der Waals surface area contributed by atoms with Crippen LogP contribution in [0.25, 0.3) is 0 Å². The zero-order valence-corrected chi connectivity index (χ0v) is 12.1. The van der Waals surface area contributed by atoms with Gasteiger partial charge in [-0.3, -0.25) is 9.69 Å². The Balaban J connectivity index is 2.24. The summed E-state index contributed by atoms with van der Waals surface area (Å²) in [5.74, 6) is -0.0575. The van der Waals surface area contributed by atoms with Crippen molar-refractivity contribution >= 4 is 5.97 Å². The minimum absolute atomic E-state index is 0.0575. The number of esters is 1. The fourth-order valence-corrected chi connectivity index (χ4v) is 2.78. The van der Waals surface area contributed by atoms with Crippen molar-refractivity contribution in [3.05, 3.63) is 0 Å². The second-order valence-corrected chi connectivity index (χ2v) is 5.38. The fraction of sp³-hybridized carbons (Fsp3) is 0.933. The van der Waals surface area contributed by atoms with Crippen molar-refractivity contribution in [1.29, 1.82) is 0 Å². The van der Waals surface area contributed by atoms with Crippen LogP contribution in [0.2, 0.25) is 0 Å². The highest BCUT2D eigenvalue weighted by molar-refractivity contribution is 5.69. The Labute approximate surface area is 112 Å². The van der Waals surface area contributed by atoms with Crippen LogP contribution < -0.4 is 0 Å². The molecule has 0 aromatic rings. The van der Waals surface area contributed by atoms with E-state index < -0.39 is 0 Å². The standard InChI is InChI=1S/C15H29NO2/c1-3-4-5-6-8-11-16-12-9-7-10-14(16)13-15(17)18-2/h14H,3-13H2,1-2H3. The monoisotopic (exact) mass is 255 g/mol. The Bertz CT molecular complexity index is 231. The number of likely N-dealkylation sites (tertiary alicyclic amines) is 1.